The molecule has 0 spiro atoms. The number of benzene rings is 2. The van der Waals surface area contributed by atoms with Gasteiger partial charge in [-0.3, -0.25) is 14.6 Å². The summed E-state index contributed by atoms with van der Waals surface area (Å²) in [5.41, 5.74) is 8.00. The van der Waals surface area contributed by atoms with Crippen molar-refractivity contribution >= 4 is 28.2 Å². The van der Waals surface area contributed by atoms with Crippen molar-refractivity contribution in [2.24, 2.45) is 0 Å². The first kappa shape index (κ1) is 27.7. The van der Waals surface area contributed by atoms with E-state index in [0.717, 1.165) is 0 Å². The molecule has 0 atom stereocenters. The van der Waals surface area contributed by atoms with E-state index in [4.69, 9.17) is 15.6 Å². The summed E-state index contributed by atoms with van der Waals surface area (Å²) in [6.07, 6.45) is 3.91. The summed E-state index contributed by atoms with van der Waals surface area (Å²) in [5, 5.41) is 9.74. The number of sulfonamides is 1. The number of rotatable bonds is 6. The summed E-state index contributed by atoms with van der Waals surface area (Å²) in [6.45, 7) is 1.90. The number of hydrogen-bond donors (Lipinski definition) is 3. The van der Waals surface area contributed by atoms with Gasteiger partial charge in [-0.25, -0.2) is 22.1 Å². The zero-order valence-corrected chi connectivity index (χ0v) is 21.0. The molecule has 10 nitrogen and oxygen atoms in total. The minimum Gasteiger partial charge on any atom is -0.483 e. The number of carbonyl (C=O) groups is 2. The number of nitrogens with zero attached hydrogens (tertiary/aromatic N) is 3. The van der Waals surface area contributed by atoms with Crippen LogP contribution < -0.4 is 11.1 Å². The van der Waals surface area contributed by atoms with Crippen molar-refractivity contribution in [2.75, 3.05) is 18.8 Å². The third-order valence-electron chi connectivity index (χ3n) is 5.84. The van der Waals surface area contributed by atoms with Gasteiger partial charge in [-0.15, -0.1) is 0 Å². The minimum atomic E-state index is -3.59. The first-order valence-electron chi connectivity index (χ1n) is 11.4. The van der Waals surface area contributed by atoms with Crippen LogP contribution in [0.5, 0.6) is 0 Å². The lowest BCUT2D eigenvalue weighted by molar-refractivity contribution is -0.123. The van der Waals surface area contributed by atoms with Gasteiger partial charge in [0.25, 0.3) is 6.47 Å². The smallest absolute Gasteiger partial charge is 0.290 e. The first-order valence-corrected chi connectivity index (χ1v) is 13.0. The maximum Gasteiger partial charge on any atom is 0.290 e. The van der Waals surface area contributed by atoms with Gasteiger partial charge in [0.15, 0.2) is 0 Å². The van der Waals surface area contributed by atoms with E-state index < -0.39 is 15.8 Å². The number of anilines is 1. The molecule has 0 aliphatic carbocycles. The van der Waals surface area contributed by atoms with Gasteiger partial charge >= 0.3 is 0 Å². The minimum absolute atomic E-state index is 0.0107. The van der Waals surface area contributed by atoms with Crippen molar-refractivity contribution < 1.29 is 27.5 Å². The molecule has 1 saturated heterocycles. The van der Waals surface area contributed by atoms with E-state index in [0.29, 0.717) is 48.3 Å². The van der Waals surface area contributed by atoms with Gasteiger partial charge in [0, 0.05) is 31.6 Å². The highest BCUT2D eigenvalue weighted by Crippen LogP contribution is 2.30. The number of carboxylic acid groups (broad SMARTS) is 1. The second-order valence-electron chi connectivity index (χ2n) is 8.41. The molecule has 37 heavy (non-hydrogen) atoms. The van der Waals surface area contributed by atoms with Crippen LogP contribution in [0.4, 0.5) is 10.2 Å². The van der Waals surface area contributed by atoms with Gasteiger partial charge in [-0.1, -0.05) is 30.3 Å². The fourth-order valence-corrected chi connectivity index (χ4v) is 5.74. The van der Waals surface area contributed by atoms with Crippen molar-refractivity contribution in [3.05, 3.63) is 66.2 Å². The molecule has 0 saturated carbocycles. The number of aromatic nitrogens is 2. The molecule has 0 radical (unpaired) electrons. The summed E-state index contributed by atoms with van der Waals surface area (Å²) < 4.78 is 42.7. The summed E-state index contributed by atoms with van der Waals surface area (Å²) >= 11 is 0. The highest BCUT2D eigenvalue weighted by Gasteiger charge is 2.29. The van der Waals surface area contributed by atoms with Gasteiger partial charge in [0.1, 0.15) is 11.6 Å². The molecular weight excluding hydrogens is 501 g/mol. The summed E-state index contributed by atoms with van der Waals surface area (Å²) in [6, 6.07) is 11.8. The predicted octanol–water partition coefficient (Wildman–Crippen LogP) is 2.66. The van der Waals surface area contributed by atoms with Crippen LogP contribution in [-0.2, 0) is 25.4 Å². The number of nitrogens with two attached hydrogens (primary N) is 1. The molecule has 1 aromatic heterocycles. The fraction of sp³-hybridized carbons (Fsp3) is 0.280. The average Bonchev–Trinajstić information content (AvgIpc) is 2.85. The van der Waals surface area contributed by atoms with Crippen molar-refractivity contribution in [1.29, 1.82) is 0 Å². The molecule has 196 valence electrons. The highest BCUT2D eigenvalue weighted by molar-refractivity contribution is 7.88. The largest absolute Gasteiger partial charge is 0.483 e. The monoisotopic (exact) mass is 529 g/mol. The van der Waals surface area contributed by atoms with Gasteiger partial charge < -0.3 is 16.2 Å². The zero-order valence-electron chi connectivity index (χ0n) is 20.2. The Morgan fingerprint density at radius 3 is 2.43 bits per heavy atom. The molecule has 4 rings (SSSR count). The van der Waals surface area contributed by atoms with E-state index in [2.05, 4.69) is 15.3 Å². The van der Waals surface area contributed by atoms with Crippen molar-refractivity contribution in [3.8, 4) is 22.4 Å². The molecule has 2 aromatic carbocycles. The number of piperidine rings is 1. The van der Waals surface area contributed by atoms with E-state index in [1.165, 1.54) is 29.7 Å². The van der Waals surface area contributed by atoms with Crippen LogP contribution in [-0.4, -0.2) is 59.3 Å². The number of hydrogen-bond acceptors (Lipinski definition) is 7. The number of halogens is 1. The van der Waals surface area contributed by atoms with E-state index in [9.17, 15) is 17.6 Å². The fourth-order valence-electron chi connectivity index (χ4n) is 4.15. The molecule has 0 unspecified atom stereocenters. The van der Waals surface area contributed by atoms with Gasteiger partial charge in [0.05, 0.1) is 23.8 Å². The van der Waals surface area contributed by atoms with E-state index in [1.54, 1.807) is 36.4 Å². The number of carbonyl (C=O) groups excluding carboxylic acids is 1. The molecule has 1 amide bonds. The van der Waals surface area contributed by atoms with Crippen molar-refractivity contribution in [2.45, 2.75) is 31.6 Å². The molecule has 0 bridgehead atoms. The molecule has 4 N–H and O–H groups in total. The highest BCUT2D eigenvalue weighted by atomic mass is 32.2. The van der Waals surface area contributed by atoms with Gasteiger partial charge in [0.2, 0.25) is 15.9 Å². The van der Waals surface area contributed by atoms with Crippen molar-refractivity contribution in [3.63, 3.8) is 0 Å². The van der Waals surface area contributed by atoms with Gasteiger partial charge in [-0.05, 0) is 41.7 Å². The Kier molecular flexibility index (Phi) is 9.25. The predicted molar refractivity (Wildman–Crippen MR) is 137 cm³/mol. The summed E-state index contributed by atoms with van der Waals surface area (Å²) in [7, 11) is -3.59. The Balaban J connectivity index is 0.00000121. The second kappa shape index (κ2) is 12.4. The number of amides is 1. The molecule has 3 aromatic rings. The Morgan fingerprint density at radius 2 is 1.84 bits per heavy atom. The quantitative estimate of drug-likeness (QED) is 0.412. The lowest BCUT2D eigenvalue weighted by Gasteiger charge is -2.31. The van der Waals surface area contributed by atoms with Crippen LogP contribution in [0.1, 0.15) is 25.3 Å². The van der Waals surface area contributed by atoms with Crippen LogP contribution in [0.25, 0.3) is 22.4 Å². The van der Waals surface area contributed by atoms with Crippen LogP contribution in [0.15, 0.2) is 54.9 Å². The normalized spacial score (nSPS) is 14.3. The lowest BCUT2D eigenvalue weighted by atomic mass is 9.98. The number of nitrogen functional groups attached to an aromatic ring is 1. The SMILES string of the molecule is CC(=O)NC1CCN(S(=O)(=O)Cc2ccccc2-c2ccc(-c3cnc(N)cn3)c(F)c2)CC1.O=CO. The Labute approximate surface area is 214 Å². The van der Waals surface area contributed by atoms with Crippen LogP contribution in [0.2, 0.25) is 0 Å². The summed E-state index contributed by atoms with van der Waals surface area (Å²) in [4.78, 5) is 27.7. The van der Waals surface area contributed by atoms with E-state index in [-0.39, 0.29) is 35.6 Å². The first-order chi connectivity index (χ1) is 17.6. The molecule has 2 heterocycles. The molecular formula is C25H28FN5O5S. The maximum absolute atomic E-state index is 15.0. The molecule has 1 aliphatic heterocycles. The lowest BCUT2D eigenvalue weighted by Crippen LogP contribution is -2.46. The third-order valence-corrected chi connectivity index (χ3v) is 7.67. The van der Waals surface area contributed by atoms with Crippen molar-refractivity contribution in [1.82, 2.24) is 19.6 Å². The van der Waals surface area contributed by atoms with E-state index >= 15 is 0 Å². The Bertz CT molecular complexity index is 1340. The molecule has 1 fully saturated rings. The third kappa shape index (κ3) is 7.30. The molecule has 12 heteroatoms. The molecule has 1 aliphatic rings. The summed E-state index contributed by atoms with van der Waals surface area (Å²) in [5.74, 6) is -0.553. The Morgan fingerprint density at radius 1 is 1.16 bits per heavy atom. The topological polar surface area (TPSA) is 156 Å². The standard InChI is InChI=1S/C24H26FN5O3S.CH2O2/c1-16(31)29-19-8-10-30(11-9-19)34(32,33)15-18-4-2-3-5-20(18)17-6-7-21(22(25)12-17)23-13-28-24(26)14-27-23;2-1-3/h2-7,12-14,19H,8-11,15H2,1H3,(H2,26,28)(H,29,31);1H,(H,2,3). The number of nitrogens with one attached hydrogen (secondary N) is 1. The van der Waals surface area contributed by atoms with Crippen LogP contribution in [0.3, 0.4) is 0 Å². The second-order valence-corrected chi connectivity index (χ2v) is 10.4. The van der Waals surface area contributed by atoms with Crippen LogP contribution in [0, 0.1) is 5.82 Å². The Hall–Kier alpha value is -3.90. The van der Waals surface area contributed by atoms with Crippen LogP contribution >= 0.6 is 0 Å². The van der Waals surface area contributed by atoms with E-state index in [1.807, 2.05) is 0 Å². The maximum atomic E-state index is 15.0. The average molecular weight is 530 g/mol. The van der Waals surface area contributed by atoms with Gasteiger partial charge in [-0.2, -0.15) is 0 Å². The zero-order chi connectivity index (χ0) is 27.0.